The molecule has 0 aliphatic heterocycles. The summed E-state index contributed by atoms with van der Waals surface area (Å²) in [6.07, 6.45) is 4.24. The van der Waals surface area contributed by atoms with E-state index in [1.807, 2.05) is 18.4 Å². The first-order valence-electron chi connectivity index (χ1n) is 6.75. The van der Waals surface area contributed by atoms with Gasteiger partial charge in [-0.3, -0.25) is 4.68 Å². The molecule has 2 rings (SSSR count). The molecule has 0 aliphatic rings. The Hall–Kier alpha value is -1.22. The number of aliphatic hydroxyl groups excluding tert-OH is 1. The Morgan fingerprint density at radius 1 is 1.48 bits per heavy atom. The highest BCUT2D eigenvalue weighted by molar-refractivity contribution is 7.89. The van der Waals surface area contributed by atoms with E-state index in [4.69, 9.17) is 5.11 Å². The molecule has 2 aromatic heterocycles. The fourth-order valence-electron chi connectivity index (χ4n) is 1.92. The fraction of sp³-hybridized carbons (Fsp3) is 0.462. The van der Waals surface area contributed by atoms with Gasteiger partial charge in [-0.2, -0.15) is 5.10 Å². The minimum atomic E-state index is -3.55. The fourth-order valence-corrected chi connectivity index (χ4v) is 3.87. The van der Waals surface area contributed by atoms with Crippen molar-refractivity contribution >= 4 is 21.4 Å². The van der Waals surface area contributed by atoms with Gasteiger partial charge in [0.05, 0.1) is 6.20 Å². The molecule has 0 fully saturated rings. The van der Waals surface area contributed by atoms with Gasteiger partial charge in [0.2, 0.25) is 10.0 Å². The summed E-state index contributed by atoms with van der Waals surface area (Å²) in [6.45, 7) is 2.89. The molecule has 0 saturated carbocycles. The lowest BCUT2D eigenvalue weighted by atomic mass is 10.2. The minimum absolute atomic E-state index is 0.0539. The molecule has 0 unspecified atom stereocenters. The standard InChI is InChI=1S/C13H19N3O3S2/c1-2-11-4-7-20-13(11)9-15-21(18,19)12-8-14-16(10-12)5-3-6-17/h4,7-8,10,15,17H,2-3,5-6,9H2,1H3. The van der Waals surface area contributed by atoms with Crippen LogP contribution in [0.5, 0.6) is 0 Å². The molecule has 0 amide bonds. The summed E-state index contributed by atoms with van der Waals surface area (Å²) in [5, 5.41) is 14.7. The van der Waals surface area contributed by atoms with Gasteiger partial charge in [-0.25, -0.2) is 13.1 Å². The van der Waals surface area contributed by atoms with Crippen LogP contribution in [0.25, 0.3) is 0 Å². The van der Waals surface area contributed by atoms with Crippen molar-refractivity contribution in [2.75, 3.05) is 6.61 Å². The highest BCUT2D eigenvalue weighted by atomic mass is 32.2. The normalized spacial score (nSPS) is 11.9. The lowest BCUT2D eigenvalue weighted by molar-refractivity contribution is 0.277. The molecule has 8 heteroatoms. The SMILES string of the molecule is CCc1ccsc1CNS(=O)(=O)c1cnn(CCCO)c1. The molecule has 21 heavy (non-hydrogen) atoms. The Labute approximate surface area is 128 Å². The van der Waals surface area contributed by atoms with Crippen LogP contribution in [0, 0.1) is 0 Å². The van der Waals surface area contributed by atoms with Crippen LogP contribution in [0.15, 0.2) is 28.7 Å². The number of nitrogens with zero attached hydrogens (tertiary/aromatic N) is 2. The quantitative estimate of drug-likeness (QED) is 0.766. The third-order valence-corrected chi connectivity index (χ3v) is 5.43. The van der Waals surface area contributed by atoms with Crippen molar-refractivity contribution in [3.63, 3.8) is 0 Å². The van der Waals surface area contributed by atoms with Gasteiger partial charge in [0.25, 0.3) is 0 Å². The zero-order valence-corrected chi connectivity index (χ0v) is 13.5. The van der Waals surface area contributed by atoms with E-state index in [0.29, 0.717) is 19.5 Å². The van der Waals surface area contributed by atoms with Crippen molar-refractivity contribution in [1.29, 1.82) is 0 Å². The Balaban J connectivity index is 2.03. The molecule has 0 aliphatic carbocycles. The van der Waals surface area contributed by atoms with Gasteiger partial charge in [0, 0.05) is 30.8 Å². The van der Waals surface area contributed by atoms with Crippen LogP contribution < -0.4 is 4.72 Å². The van der Waals surface area contributed by atoms with Gasteiger partial charge in [-0.15, -0.1) is 11.3 Å². The summed E-state index contributed by atoms with van der Waals surface area (Å²) in [6, 6.07) is 2.02. The smallest absolute Gasteiger partial charge is 0.244 e. The summed E-state index contributed by atoms with van der Waals surface area (Å²) < 4.78 is 28.5. The number of aromatic nitrogens is 2. The first-order chi connectivity index (χ1) is 10.1. The second-order valence-electron chi connectivity index (χ2n) is 4.56. The summed E-state index contributed by atoms with van der Waals surface area (Å²) in [5.74, 6) is 0. The van der Waals surface area contributed by atoms with Crippen molar-refractivity contribution in [2.24, 2.45) is 0 Å². The maximum Gasteiger partial charge on any atom is 0.244 e. The molecular weight excluding hydrogens is 310 g/mol. The maximum absolute atomic E-state index is 12.2. The second-order valence-corrected chi connectivity index (χ2v) is 7.33. The number of hydrogen-bond acceptors (Lipinski definition) is 5. The lowest BCUT2D eigenvalue weighted by Gasteiger charge is -2.05. The van der Waals surface area contributed by atoms with E-state index in [1.165, 1.54) is 22.6 Å². The Bertz CT molecular complexity index is 676. The minimum Gasteiger partial charge on any atom is -0.396 e. The van der Waals surface area contributed by atoms with Gasteiger partial charge in [0.15, 0.2) is 0 Å². The molecule has 2 heterocycles. The molecular formula is C13H19N3O3S2. The van der Waals surface area contributed by atoms with Crippen molar-refractivity contribution in [3.05, 3.63) is 34.3 Å². The molecule has 0 atom stereocenters. The zero-order valence-electron chi connectivity index (χ0n) is 11.8. The lowest BCUT2D eigenvalue weighted by Crippen LogP contribution is -2.22. The molecule has 2 aromatic rings. The van der Waals surface area contributed by atoms with E-state index in [-0.39, 0.29) is 11.5 Å². The van der Waals surface area contributed by atoms with Crippen LogP contribution in [-0.2, 0) is 29.5 Å². The van der Waals surface area contributed by atoms with E-state index in [2.05, 4.69) is 9.82 Å². The van der Waals surface area contributed by atoms with Crippen LogP contribution in [0.2, 0.25) is 0 Å². The van der Waals surface area contributed by atoms with E-state index in [1.54, 1.807) is 11.3 Å². The monoisotopic (exact) mass is 329 g/mol. The van der Waals surface area contributed by atoms with Crippen LogP contribution in [0.1, 0.15) is 23.8 Å². The molecule has 116 valence electrons. The van der Waals surface area contributed by atoms with Gasteiger partial charge >= 0.3 is 0 Å². The van der Waals surface area contributed by atoms with E-state index < -0.39 is 10.0 Å². The largest absolute Gasteiger partial charge is 0.396 e. The van der Waals surface area contributed by atoms with Crippen LogP contribution >= 0.6 is 11.3 Å². The first-order valence-corrected chi connectivity index (χ1v) is 9.11. The van der Waals surface area contributed by atoms with Crippen molar-refractivity contribution < 1.29 is 13.5 Å². The second kappa shape index (κ2) is 7.17. The van der Waals surface area contributed by atoms with Crippen molar-refractivity contribution in [3.8, 4) is 0 Å². The maximum atomic E-state index is 12.2. The molecule has 0 saturated heterocycles. The number of aryl methyl sites for hydroxylation is 2. The molecule has 2 N–H and O–H groups in total. The zero-order chi connectivity index (χ0) is 15.3. The highest BCUT2D eigenvalue weighted by Gasteiger charge is 2.17. The first kappa shape index (κ1) is 16.2. The number of rotatable bonds is 8. The van der Waals surface area contributed by atoms with E-state index in [9.17, 15) is 8.42 Å². The Morgan fingerprint density at radius 2 is 2.29 bits per heavy atom. The van der Waals surface area contributed by atoms with Crippen LogP contribution in [0.4, 0.5) is 0 Å². The molecule has 6 nitrogen and oxygen atoms in total. The van der Waals surface area contributed by atoms with Crippen LogP contribution in [-0.4, -0.2) is 29.9 Å². The number of nitrogens with one attached hydrogen (secondary N) is 1. The molecule has 0 aromatic carbocycles. The van der Waals surface area contributed by atoms with Crippen molar-refractivity contribution in [1.82, 2.24) is 14.5 Å². The highest BCUT2D eigenvalue weighted by Crippen LogP contribution is 2.18. The summed E-state index contributed by atoms with van der Waals surface area (Å²) in [7, 11) is -3.55. The topological polar surface area (TPSA) is 84.2 Å². The summed E-state index contributed by atoms with van der Waals surface area (Å²) in [5.41, 5.74) is 1.17. The van der Waals surface area contributed by atoms with Gasteiger partial charge in [0.1, 0.15) is 4.90 Å². The number of hydrogen-bond donors (Lipinski definition) is 2. The Morgan fingerprint density at radius 3 is 3.00 bits per heavy atom. The summed E-state index contributed by atoms with van der Waals surface area (Å²) >= 11 is 1.55. The third kappa shape index (κ3) is 4.13. The average Bonchev–Trinajstić information content (AvgIpc) is 3.12. The van der Waals surface area contributed by atoms with Crippen LogP contribution in [0.3, 0.4) is 0 Å². The van der Waals surface area contributed by atoms with E-state index in [0.717, 1.165) is 11.3 Å². The molecule has 0 bridgehead atoms. The van der Waals surface area contributed by atoms with Gasteiger partial charge < -0.3 is 5.11 Å². The van der Waals surface area contributed by atoms with Gasteiger partial charge in [-0.05, 0) is 29.9 Å². The molecule has 0 spiro atoms. The predicted molar refractivity (Wildman–Crippen MR) is 81.7 cm³/mol. The third-order valence-electron chi connectivity index (χ3n) is 3.11. The van der Waals surface area contributed by atoms with E-state index >= 15 is 0 Å². The van der Waals surface area contributed by atoms with Gasteiger partial charge in [-0.1, -0.05) is 6.92 Å². The Kier molecular flexibility index (Phi) is 5.51. The predicted octanol–water partition coefficient (Wildman–Crippen LogP) is 1.37. The number of thiophene rings is 1. The van der Waals surface area contributed by atoms with Crippen molar-refractivity contribution in [2.45, 2.75) is 37.8 Å². The number of aliphatic hydroxyl groups is 1. The molecule has 0 radical (unpaired) electrons. The average molecular weight is 329 g/mol. The number of sulfonamides is 1. The summed E-state index contributed by atoms with van der Waals surface area (Å²) in [4.78, 5) is 1.18.